The van der Waals surface area contributed by atoms with E-state index in [1.807, 2.05) is 45.0 Å². The zero-order chi connectivity index (χ0) is 13.7. The Balaban J connectivity index is 0.00000324. The van der Waals surface area contributed by atoms with E-state index in [9.17, 15) is 4.79 Å². The number of carbonyl (C=O) groups is 1. The van der Waals surface area contributed by atoms with E-state index in [2.05, 4.69) is 4.99 Å². The number of nitrogens with zero attached hydrogens (tertiary/aromatic N) is 2. The van der Waals surface area contributed by atoms with Crippen LogP contribution in [0.1, 0.15) is 28.4 Å². The molecule has 1 aromatic carbocycles. The van der Waals surface area contributed by atoms with Crippen LogP contribution in [-0.2, 0) is 4.74 Å². The molecular formula is C14H21ClN2O2. The van der Waals surface area contributed by atoms with Crippen molar-refractivity contribution in [3.63, 3.8) is 0 Å². The van der Waals surface area contributed by atoms with Gasteiger partial charge in [-0.05, 0) is 44.0 Å². The lowest BCUT2D eigenvalue weighted by Gasteiger charge is -2.10. The largest absolute Gasteiger partial charge is 0.462 e. The van der Waals surface area contributed by atoms with Gasteiger partial charge in [0.25, 0.3) is 0 Å². The van der Waals surface area contributed by atoms with E-state index in [1.165, 1.54) is 0 Å². The molecule has 0 fully saturated rings. The molecule has 0 aliphatic carbocycles. The number of carbonyl (C=O) groups excluding carboxylic acids is 1. The molecule has 0 aliphatic heterocycles. The molecule has 0 aliphatic rings. The summed E-state index contributed by atoms with van der Waals surface area (Å²) in [6, 6.07) is 3.63. The van der Waals surface area contributed by atoms with Gasteiger partial charge in [-0.3, -0.25) is 0 Å². The van der Waals surface area contributed by atoms with E-state index in [4.69, 9.17) is 4.74 Å². The van der Waals surface area contributed by atoms with Gasteiger partial charge in [0.15, 0.2) is 0 Å². The van der Waals surface area contributed by atoms with Crippen LogP contribution in [0.3, 0.4) is 0 Å². The first-order valence-corrected chi connectivity index (χ1v) is 5.94. The van der Waals surface area contributed by atoms with Gasteiger partial charge in [-0.25, -0.2) is 9.79 Å². The van der Waals surface area contributed by atoms with Gasteiger partial charge in [0.2, 0.25) is 0 Å². The van der Waals surface area contributed by atoms with E-state index >= 15 is 0 Å². The van der Waals surface area contributed by atoms with Gasteiger partial charge in [0, 0.05) is 14.1 Å². The zero-order valence-corrected chi connectivity index (χ0v) is 12.9. The quantitative estimate of drug-likeness (QED) is 0.485. The van der Waals surface area contributed by atoms with Crippen LogP contribution in [0, 0.1) is 13.8 Å². The summed E-state index contributed by atoms with van der Waals surface area (Å²) in [4.78, 5) is 17.9. The number of hydrogen-bond acceptors (Lipinski definition) is 3. The molecule has 1 aromatic rings. The van der Waals surface area contributed by atoms with Gasteiger partial charge in [-0.15, -0.1) is 12.4 Å². The molecule has 0 atom stereocenters. The number of aliphatic imine (C=N–C) groups is 1. The summed E-state index contributed by atoms with van der Waals surface area (Å²) in [6.45, 7) is 6.07. The molecule has 19 heavy (non-hydrogen) atoms. The molecule has 0 saturated heterocycles. The molecule has 5 heteroatoms. The van der Waals surface area contributed by atoms with Crippen LogP contribution in [0.15, 0.2) is 17.1 Å². The van der Waals surface area contributed by atoms with Crippen LogP contribution < -0.4 is 0 Å². The van der Waals surface area contributed by atoms with Crippen molar-refractivity contribution in [3.05, 3.63) is 28.8 Å². The SMILES string of the molecule is CCOC(=O)c1cc(C)c(N=CN(C)C)c(C)c1.Cl. The number of hydrogen-bond donors (Lipinski definition) is 0. The van der Waals surface area contributed by atoms with Crippen LogP contribution in [-0.4, -0.2) is 37.9 Å². The Bertz CT molecular complexity index is 448. The van der Waals surface area contributed by atoms with Crippen molar-refractivity contribution in [2.45, 2.75) is 20.8 Å². The molecule has 0 amide bonds. The Morgan fingerprint density at radius 1 is 1.32 bits per heavy atom. The van der Waals surface area contributed by atoms with Crippen molar-refractivity contribution >= 4 is 30.4 Å². The van der Waals surface area contributed by atoms with Crippen molar-refractivity contribution in [3.8, 4) is 0 Å². The second-order valence-corrected chi connectivity index (χ2v) is 4.39. The molecule has 1 rings (SSSR count). The lowest BCUT2D eigenvalue weighted by molar-refractivity contribution is 0.0526. The van der Waals surface area contributed by atoms with Crippen molar-refractivity contribution in [2.24, 2.45) is 4.99 Å². The van der Waals surface area contributed by atoms with E-state index in [0.717, 1.165) is 16.8 Å². The maximum Gasteiger partial charge on any atom is 0.338 e. The lowest BCUT2D eigenvalue weighted by Crippen LogP contribution is -2.08. The second-order valence-electron chi connectivity index (χ2n) is 4.39. The van der Waals surface area contributed by atoms with Crippen LogP contribution in [0.5, 0.6) is 0 Å². The first-order chi connectivity index (χ1) is 8.45. The summed E-state index contributed by atoms with van der Waals surface area (Å²) < 4.78 is 4.99. The lowest BCUT2D eigenvalue weighted by atomic mass is 10.0. The predicted molar refractivity (Wildman–Crippen MR) is 81.0 cm³/mol. The molecule has 4 nitrogen and oxygen atoms in total. The molecule has 0 saturated carbocycles. The number of halogens is 1. The number of ether oxygens (including phenoxy) is 1. The summed E-state index contributed by atoms with van der Waals surface area (Å²) in [5.41, 5.74) is 3.42. The molecule has 0 unspecified atom stereocenters. The molecule has 0 radical (unpaired) electrons. The molecule has 0 N–H and O–H groups in total. The average molecular weight is 285 g/mol. The van der Waals surface area contributed by atoms with Gasteiger partial charge in [0.1, 0.15) is 0 Å². The minimum Gasteiger partial charge on any atom is -0.462 e. The Kier molecular flexibility index (Phi) is 7.16. The van der Waals surface area contributed by atoms with E-state index < -0.39 is 0 Å². The summed E-state index contributed by atoms with van der Waals surface area (Å²) in [5.74, 6) is -0.285. The fraction of sp³-hybridized carbons (Fsp3) is 0.429. The molecule has 0 aromatic heterocycles. The summed E-state index contributed by atoms with van der Waals surface area (Å²) in [6.07, 6.45) is 1.75. The van der Waals surface area contributed by atoms with Crippen LogP contribution in [0.2, 0.25) is 0 Å². The number of rotatable bonds is 4. The van der Waals surface area contributed by atoms with Crippen molar-refractivity contribution in [1.82, 2.24) is 4.90 Å². The van der Waals surface area contributed by atoms with Gasteiger partial charge in [0.05, 0.1) is 24.2 Å². The summed E-state index contributed by atoms with van der Waals surface area (Å²) in [5, 5.41) is 0. The van der Waals surface area contributed by atoms with E-state index in [1.54, 1.807) is 13.3 Å². The smallest absolute Gasteiger partial charge is 0.338 e. The first kappa shape index (κ1) is 17.4. The first-order valence-electron chi connectivity index (χ1n) is 5.94. The molecule has 0 heterocycles. The maximum atomic E-state index is 11.7. The summed E-state index contributed by atoms with van der Waals surface area (Å²) in [7, 11) is 3.84. The second kappa shape index (κ2) is 7.79. The number of aryl methyl sites for hydroxylation is 2. The highest BCUT2D eigenvalue weighted by molar-refractivity contribution is 5.90. The minimum atomic E-state index is -0.285. The Morgan fingerprint density at radius 2 is 1.84 bits per heavy atom. The fourth-order valence-corrected chi connectivity index (χ4v) is 1.67. The fourth-order valence-electron chi connectivity index (χ4n) is 1.67. The Labute approximate surface area is 120 Å². The van der Waals surface area contributed by atoms with Gasteiger partial charge >= 0.3 is 5.97 Å². The highest BCUT2D eigenvalue weighted by Crippen LogP contribution is 2.25. The van der Waals surface area contributed by atoms with Crippen LogP contribution in [0.25, 0.3) is 0 Å². The topological polar surface area (TPSA) is 41.9 Å². The van der Waals surface area contributed by atoms with E-state index in [-0.39, 0.29) is 18.4 Å². The van der Waals surface area contributed by atoms with Gasteiger partial charge in [-0.2, -0.15) is 0 Å². The molecule has 0 spiro atoms. The molecular weight excluding hydrogens is 264 g/mol. The van der Waals surface area contributed by atoms with Crippen molar-refractivity contribution < 1.29 is 9.53 Å². The van der Waals surface area contributed by atoms with Crippen LogP contribution in [0.4, 0.5) is 5.69 Å². The standard InChI is InChI=1S/C14H20N2O2.ClH/c1-6-18-14(17)12-7-10(2)13(11(3)8-12)15-9-16(4)5;/h7-9H,6H2,1-5H3;1H. The summed E-state index contributed by atoms with van der Waals surface area (Å²) >= 11 is 0. The number of esters is 1. The Morgan fingerprint density at radius 3 is 2.26 bits per heavy atom. The average Bonchev–Trinajstić information content (AvgIpc) is 2.27. The van der Waals surface area contributed by atoms with Gasteiger partial charge < -0.3 is 9.64 Å². The third-order valence-corrected chi connectivity index (χ3v) is 2.42. The third-order valence-electron chi connectivity index (χ3n) is 2.42. The highest BCUT2D eigenvalue weighted by atomic mass is 35.5. The third kappa shape index (κ3) is 4.91. The Hall–Kier alpha value is -1.55. The minimum absolute atomic E-state index is 0. The van der Waals surface area contributed by atoms with Crippen molar-refractivity contribution in [1.29, 1.82) is 0 Å². The molecule has 106 valence electrons. The normalized spacial score (nSPS) is 10.2. The van der Waals surface area contributed by atoms with Crippen LogP contribution >= 0.6 is 12.4 Å². The molecule has 0 bridgehead atoms. The monoisotopic (exact) mass is 284 g/mol. The van der Waals surface area contributed by atoms with Gasteiger partial charge in [-0.1, -0.05) is 0 Å². The predicted octanol–water partition coefficient (Wildman–Crippen LogP) is 3.12. The van der Waals surface area contributed by atoms with Crippen molar-refractivity contribution in [2.75, 3.05) is 20.7 Å². The maximum absolute atomic E-state index is 11.7. The number of benzene rings is 1. The van der Waals surface area contributed by atoms with E-state index in [0.29, 0.717) is 12.2 Å². The highest BCUT2D eigenvalue weighted by Gasteiger charge is 2.10. The zero-order valence-electron chi connectivity index (χ0n) is 12.1.